The first-order valence-corrected chi connectivity index (χ1v) is 9.22. The Morgan fingerprint density at radius 2 is 1.96 bits per heavy atom. The number of piperazine rings is 1. The standard InChI is InChI=1S/C17H24N2O3S/c1-3-22-17(21)19-8-6-18(7-9-19)16(20)15-11-13-10-12(2)4-5-14(13)23-15/h11-12H,3-10H2,1-2H3/t12-/m1/s1. The van der Waals surface area contributed by atoms with E-state index in [1.165, 1.54) is 16.9 Å². The second-order valence-corrected chi connectivity index (χ2v) is 7.52. The van der Waals surface area contributed by atoms with E-state index in [1.807, 2.05) is 4.90 Å². The highest BCUT2D eigenvalue weighted by Gasteiger charge is 2.28. The fraction of sp³-hybridized carbons (Fsp3) is 0.647. The van der Waals surface area contributed by atoms with Crippen LogP contribution in [-0.2, 0) is 17.6 Å². The van der Waals surface area contributed by atoms with Gasteiger partial charge in [-0.25, -0.2) is 4.79 Å². The molecule has 0 radical (unpaired) electrons. The van der Waals surface area contributed by atoms with Gasteiger partial charge in [0.2, 0.25) is 0 Å². The SMILES string of the molecule is CCOC(=O)N1CCN(C(=O)c2cc3c(s2)CC[C@@H](C)C3)CC1. The van der Waals surface area contributed by atoms with Crippen LogP contribution in [0.25, 0.3) is 0 Å². The van der Waals surface area contributed by atoms with E-state index >= 15 is 0 Å². The van der Waals surface area contributed by atoms with E-state index < -0.39 is 0 Å². The maximum absolute atomic E-state index is 12.7. The molecule has 0 spiro atoms. The average Bonchev–Trinajstić information content (AvgIpc) is 2.97. The van der Waals surface area contributed by atoms with Gasteiger partial charge in [-0.3, -0.25) is 4.79 Å². The number of rotatable bonds is 2. The van der Waals surface area contributed by atoms with Crippen molar-refractivity contribution in [3.63, 3.8) is 0 Å². The van der Waals surface area contributed by atoms with E-state index in [2.05, 4.69) is 13.0 Å². The Morgan fingerprint density at radius 3 is 2.65 bits per heavy atom. The number of hydrogen-bond donors (Lipinski definition) is 0. The average molecular weight is 336 g/mol. The van der Waals surface area contributed by atoms with Gasteiger partial charge in [0.25, 0.3) is 5.91 Å². The van der Waals surface area contributed by atoms with Crippen molar-refractivity contribution >= 4 is 23.3 Å². The Labute approximate surface area is 141 Å². The summed E-state index contributed by atoms with van der Waals surface area (Å²) in [4.78, 5) is 30.2. The summed E-state index contributed by atoms with van der Waals surface area (Å²) in [5.74, 6) is 0.828. The molecule has 0 aromatic carbocycles. The summed E-state index contributed by atoms with van der Waals surface area (Å²) in [5.41, 5.74) is 1.36. The molecule has 1 saturated heterocycles. The maximum Gasteiger partial charge on any atom is 0.409 e. The molecule has 0 saturated carbocycles. The number of thiophene rings is 1. The van der Waals surface area contributed by atoms with Crippen molar-refractivity contribution in [1.82, 2.24) is 9.80 Å². The molecule has 1 fully saturated rings. The second kappa shape index (κ2) is 6.91. The van der Waals surface area contributed by atoms with Gasteiger partial charge in [0, 0.05) is 31.1 Å². The molecule has 0 N–H and O–H groups in total. The maximum atomic E-state index is 12.7. The van der Waals surface area contributed by atoms with Crippen molar-refractivity contribution in [2.24, 2.45) is 5.92 Å². The molecule has 6 heteroatoms. The van der Waals surface area contributed by atoms with Crippen molar-refractivity contribution in [3.8, 4) is 0 Å². The molecule has 5 nitrogen and oxygen atoms in total. The zero-order valence-corrected chi connectivity index (χ0v) is 14.7. The third-order valence-corrected chi connectivity index (χ3v) is 5.86. The van der Waals surface area contributed by atoms with E-state index in [-0.39, 0.29) is 12.0 Å². The summed E-state index contributed by atoms with van der Waals surface area (Å²) in [6.07, 6.45) is 3.14. The highest BCUT2D eigenvalue weighted by Crippen LogP contribution is 2.32. The van der Waals surface area contributed by atoms with Crippen LogP contribution in [0.1, 0.15) is 40.4 Å². The lowest BCUT2D eigenvalue weighted by Gasteiger charge is -2.33. The van der Waals surface area contributed by atoms with Gasteiger partial charge >= 0.3 is 6.09 Å². The predicted molar refractivity (Wildman–Crippen MR) is 90.0 cm³/mol. The number of aryl methyl sites for hydroxylation is 1. The molecule has 0 bridgehead atoms. The number of hydrogen-bond acceptors (Lipinski definition) is 4. The first kappa shape index (κ1) is 16.3. The van der Waals surface area contributed by atoms with Crippen molar-refractivity contribution in [2.45, 2.75) is 33.1 Å². The van der Waals surface area contributed by atoms with Gasteiger partial charge in [0.15, 0.2) is 0 Å². The van der Waals surface area contributed by atoms with Crippen LogP contribution in [0.3, 0.4) is 0 Å². The molecule has 1 aliphatic carbocycles. The minimum absolute atomic E-state index is 0.112. The predicted octanol–water partition coefficient (Wildman–Crippen LogP) is 2.79. The lowest BCUT2D eigenvalue weighted by Crippen LogP contribution is -2.50. The zero-order valence-electron chi connectivity index (χ0n) is 13.8. The second-order valence-electron chi connectivity index (χ2n) is 6.39. The number of carbonyl (C=O) groups excluding carboxylic acids is 2. The van der Waals surface area contributed by atoms with E-state index in [0.29, 0.717) is 38.7 Å². The topological polar surface area (TPSA) is 49.9 Å². The van der Waals surface area contributed by atoms with Crippen LogP contribution in [0.2, 0.25) is 0 Å². The van der Waals surface area contributed by atoms with E-state index in [4.69, 9.17) is 4.74 Å². The smallest absolute Gasteiger partial charge is 0.409 e. The van der Waals surface area contributed by atoms with Gasteiger partial charge in [-0.2, -0.15) is 0 Å². The summed E-state index contributed by atoms with van der Waals surface area (Å²) in [6, 6.07) is 2.09. The Balaban J connectivity index is 1.61. The lowest BCUT2D eigenvalue weighted by molar-refractivity contribution is 0.0574. The van der Waals surface area contributed by atoms with E-state index in [1.54, 1.807) is 23.2 Å². The first-order chi connectivity index (χ1) is 11.1. The van der Waals surface area contributed by atoms with Crippen molar-refractivity contribution in [2.75, 3.05) is 32.8 Å². The van der Waals surface area contributed by atoms with Gasteiger partial charge in [0.1, 0.15) is 0 Å². The Morgan fingerprint density at radius 1 is 1.26 bits per heavy atom. The summed E-state index contributed by atoms with van der Waals surface area (Å²) in [6.45, 7) is 6.72. The summed E-state index contributed by atoms with van der Waals surface area (Å²) < 4.78 is 5.01. The fourth-order valence-electron chi connectivity index (χ4n) is 3.27. The van der Waals surface area contributed by atoms with Crippen molar-refractivity contribution in [1.29, 1.82) is 0 Å². The Bertz CT molecular complexity index is 591. The highest BCUT2D eigenvalue weighted by molar-refractivity contribution is 7.14. The van der Waals surface area contributed by atoms with Crippen molar-refractivity contribution < 1.29 is 14.3 Å². The van der Waals surface area contributed by atoms with Gasteiger partial charge in [0.05, 0.1) is 11.5 Å². The molecule has 0 unspecified atom stereocenters. The number of fused-ring (bicyclic) bond motifs is 1. The first-order valence-electron chi connectivity index (χ1n) is 8.41. The van der Waals surface area contributed by atoms with Crippen LogP contribution >= 0.6 is 11.3 Å². The number of ether oxygens (including phenoxy) is 1. The van der Waals surface area contributed by atoms with Crippen LogP contribution in [0.15, 0.2) is 6.07 Å². The fourth-order valence-corrected chi connectivity index (χ4v) is 4.45. The minimum Gasteiger partial charge on any atom is -0.450 e. The monoisotopic (exact) mass is 336 g/mol. The molecule has 1 aliphatic heterocycles. The van der Waals surface area contributed by atoms with Crippen LogP contribution in [-0.4, -0.2) is 54.6 Å². The Kier molecular flexibility index (Phi) is 4.90. The molecule has 2 amide bonds. The lowest BCUT2D eigenvalue weighted by atomic mass is 9.90. The Hall–Kier alpha value is -1.56. The van der Waals surface area contributed by atoms with Crippen LogP contribution in [0.5, 0.6) is 0 Å². The third kappa shape index (κ3) is 3.52. The van der Waals surface area contributed by atoms with E-state index in [9.17, 15) is 9.59 Å². The molecule has 3 rings (SSSR count). The molecule has 126 valence electrons. The summed E-state index contributed by atoms with van der Waals surface area (Å²) >= 11 is 1.66. The number of nitrogens with zero attached hydrogens (tertiary/aromatic N) is 2. The normalized spacial score (nSPS) is 21.0. The molecule has 23 heavy (non-hydrogen) atoms. The minimum atomic E-state index is -0.278. The number of amides is 2. The van der Waals surface area contributed by atoms with Gasteiger partial charge in [-0.15, -0.1) is 11.3 Å². The zero-order chi connectivity index (χ0) is 16.4. The van der Waals surface area contributed by atoms with Crippen LogP contribution in [0, 0.1) is 5.92 Å². The summed E-state index contributed by atoms with van der Waals surface area (Å²) in [5, 5.41) is 0. The number of carbonyl (C=O) groups is 2. The van der Waals surface area contributed by atoms with Crippen molar-refractivity contribution in [3.05, 3.63) is 21.4 Å². The molecule has 1 aromatic heterocycles. The molecular formula is C17H24N2O3S. The molecule has 2 heterocycles. The third-order valence-electron chi connectivity index (χ3n) is 4.63. The molecule has 2 aliphatic rings. The van der Waals surface area contributed by atoms with Gasteiger partial charge < -0.3 is 14.5 Å². The highest BCUT2D eigenvalue weighted by atomic mass is 32.1. The quantitative estimate of drug-likeness (QED) is 0.834. The molecule has 1 aromatic rings. The summed E-state index contributed by atoms with van der Waals surface area (Å²) in [7, 11) is 0. The van der Waals surface area contributed by atoms with Crippen LogP contribution < -0.4 is 0 Å². The molecule has 1 atom stereocenters. The van der Waals surface area contributed by atoms with Gasteiger partial charge in [-0.1, -0.05) is 6.92 Å². The largest absolute Gasteiger partial charge is 0.450 e. The van der Waals surface area contributed by atoms with E-state index in [0.717, 1.165) is 17.7 Å². The molecular weight excluding hydrogens is 312 g/mol. The van der Waals surface area contributed by atoms with Crippen LogP contribution in [0.4, 0.5) is 4.79 Å². The van der Waals surface area contributed by atoms with Gasteiger partial charge in [-0.05, 0) is 43.7 Å².